The molecule has 0 unspecified atom stereocenters. The van der Waals surface area contributed by atoms with Gasteiger partial charge in [0.15, 0.2) is 0 Å². The van der Waals surface area contributed by atoms with E-state index in [1.54, 1.807) is 6.07 Å². The number of nitrogens with zero attached hydrogens (tertiary/aromatic N) is 2. The first-order valence-electron chi connectivity index (χ1n) is 10.6. The Morgan fingerprint density at radius 2 is 2.00 bits per heavy atom. The van der Waals surface area contributed by atoms with Gasteiger partial charge in [-0.3, -0.25) is 14.9 Å². The monoisotopic (exact) mass is 455 g/mol. The number of hydrogen-bond acceptors (Lipinski definition) is 8. The van der Waals surface area contributed by atoms with E-state index in [-0.39, 0.29) is 23.8 Å². The molecule has 1 fully saturated rings. The maximum absolute atomic E-state index is 12.8. The molecule has 0 bridgehead atoms. The third kappa shape index (κ3) is 4.83. The highest BCUT2D eigenvalue weighted by Crippen LogP contribution is 2.38. The van der Waals surface area contributed by atoms with E-state index in [1.165, 1.54) is 18.4 Å². The summed E-state index contributed by atoms with van der Waals surface area (Å²) in [6.45, 7) is 2.24. The highest BCUT2D eigenvalue weighted by atomic mass is 32.1. The number of methoxy groups -OCH3 is 1. The van der Waals surface area contributed by atoms with Crippen molar-refractivity contribution in [2.75, 3.05) is 19.0 Å². The zero-order chi connectivity index (χ0) is 22.5. The second-order valence-electron chi connectivity index (χ2n) is 7.60. The summed E-state index contributed by atoms with van der Waals surface area (Å²) < 4.78 is 16.2. The Kier molecular flexibility index (Phi) is 6.84. The maximum Gasteiger partial charge on any atom is 0.322 e. The smallest absolute Gasteiger partial charge is 0.322 e. The Hall–Kier alpha value is -3.20. The first kappa shape index (κ1) is 22.0. The third-order valence-electron chi connectivity index (χ3n) is 5.67. The lowest BCUT2D eigenvalue weighted by molar-refractivity contribution is -0.149. The van der Waals surface area contributed by atoms with Crippen LogP contribution in [-0.2, 0) is 9.53 Å². The van der Waals surface area contributed by atoms with Gasteiger partial charge in [-0.2, -0.15) is 0 Å². The van der Waals surface area contributed by atoms with E-state index in [9.17, 15) is 9.59 Å². The van der Waals surface area contributed by atoms with E-state index in [2.05, 4.69) is 15.5 Å². The molecule has 3 aromatic rings. The quantitative estimate of drug-likeness (QED) is 0.506. The second kappa shape index (κ2) is 9.95. The number of rotatable bonds is 7. The van der Waals surface area contributed by atoms with Gasteiger partial charge in [0.1, 0.15) is 5.75 Å². The molecule has 0 aliphatic heterocycles. The summed E-state index contributed by atoms with van der Waals surface area (Å²) in [6, 6.07) is 9.37. The lowest BCUT2D eigenvalue weighted by atomic mass is 9.78. The van der Waals surface area contributed by atoms with Crippen molar-refractivity contribution >= 4 is 29.2 Å². The number of thiophene rings is 1. The molecule has 0 radical (unpaired) electrons. The maximum atomic E-state index is 12.8. The number of nitrogens with one attached hydrogen (secondary N) is 1. The predicted molar refractivity (Wildman–Crippen MR) is 120 cm³/mol. The molecule has 2 aromatic heterocycles. The number of carbonyl (C=O) groups is 2. The van der Waals surface area contributed by atoms with Crippen LogP contribution in [0.2, 0.25) is 0 Å². The number of ether oxygens (including phenoxy) is 2. The van der Waals surface area contributed by atoms with Gasteiger partial charge < -0.3 is 13.9 Å². The van der Waals surface area contributed by atoms with Crippen LogP contribution in [0.5, 0.6) is 5.75 Å². The number of carbonyl (C=O) groups excluding carboxylic acids is 2. The summed E-state index contributed by atoms with van der Waals surface area (Å²) in [5.41, 5.74) is 1.48. The summed E-state index contributed by atoms with van der Waals surface area (Å²) >= 11 is 1.48. The van der Waals surface area contributed by atoms with Crippen LogP contribution in [0.25, 0.3) is 10.8 Å². The van der Waals surface area contributed by atoms with Gasteiger partial charge >= 0.3 is 12.0 Å². The fraction of sp³-hybridized carbons (Fsp3) is 0.391. The number of hydrogen-bond donors (Lipinski definition) is 1. The Bertz CT molecular complexity index is 1070. The van der Waals surface area contributed by atoms with Gasteiger partial charge in [-0.1, -0.05) is 17.2 Å². The molecule has 2 heterocycles. The Labute approximate surface area is 189 Å². The highest BCUT2D eigenvalue weighted by Gasteiger charge is 2.28. The summed E-state index contributed by atoms with van der Waals surface area (Å²) in [7, 11) is 1.54. The van der Waals surface area contributed by atoms with Crippen molar-refractivity contribution in [2.45, 2.75) is 38.5 Å². The van der Waals surface area contributed by atoms with Crippen LogP contribution in [0.4, 0.5) is 6.01 Å². The molecule has 1 amide bonds. The van der Waals surface area contributed by atoms with Crippen molar-refractivity contribution < 1.29 is 23.5 Å². The summed E-state index contributed by atoms with van der Waals surface area (Å²) in [5.74, 6) is 0.642. The van der Waals surface area contributed by atoms with E-state index < -0.39 is 0 Å². The van der Waals surface area contributed by atoms with Gasteiger partial charge in [0.2, 0.25) is 0 Å². The fourth-order valence-electron chi connectivity index (χ4n) is 4.01. The lowest BCUT2D eigenvalue weighted by Crippen LogP contribution is -2.23. The van der Waals surface area contributed by atoms with Gasteiger partial charge in [-0.05, 0) is 67.7 Å². The summed E-state index contributed by atoms with van der Waals surface area (Å²) in [6.07, 6.45) is 3.40. The molecule has 8 nitrogen and oxygen atoms in total. The molecule has 4 rings (SSSR count). The Morgan fingerprint density at radius 3 is 2.69 bits per heavy atom. The van der Waals surface area contributed by atoms with Gasteiger partial charge in [-0.15, -0.1) is 16.4 Å². The van der Waals surface area contributed by atoms with E-state index in [4.69, 9.17) is 13.9 Å². The van der Waals surface area contributed by atoms with Gasteiger partial charge in [0.25, 0.3) is 11.8 Å². The Morgan fingerprint density at radius 1 is 1.19 bits per heavy atom. The second-order valence-corrected chi connectivity index (χ2v) is 8.55. The zero-order valence-corrected chi connectivity index (χ0v) is 18.8. The van der Waals surface area contributed by atoms with Crippen molar-refractivity contribution in [3.8, 4) is 16.5 Å². The van der Waals surface area contributed by atoms with Crippen molar-refractivity contribution in [2.24, 2.45) is 5.92 Å². The van der Waals surface area contributed by atoms with Crippen molar-refractivity contribution in [3.63, 3.8) is 0 Å². The molecule has 0 atom stereocenters. The number of aromatic nitrogens is 2. The molecule has 9 heteroatoms. The molecular weight excluding hydrogens is 430 g/mol. The lowest BCUT2D eigenvalue weighted by Gasteiger charge is -2.27. The van der Waals surface area contributed by atoms with E-state index in [0.717, 1.165) is 36.1 Å². The number of anilines is 1. The molecular formula is C23H25N3O5S. The van der Waals surface area contributed by atoms with Gasteiger partial charge in [0, 0.05) is 0 Å². The number of amides is 1. The van der Waals surface area contributed by atoms with Gasteiger partial charge in [0.05, 0.1) is 30.1 Å². The van der Waals surface area contributed by atoms with Crippen LogP contribution in [0.15, 0.2) is 40.1 Å². The molecule has 1 aliphatic carbocycles. The number of benzene rings is 1. The average Bonchev–Trinajstić information content (AvgIpc) is 3.51. The standard InChI is InChI=1S/C23H25N3O5S/c1-3-30-22(28)15-8-6-14(7-9-15)16-10-11-17(18(13-16)29-2)20(27)24-23-26-25-21(31-23)19-5-4-12-32-19/h4-5,10-15H,3,6-9H2,1-2H3,(H,24,26,27). The molecule has 0 spiro atoms. The first-order valence-corrected chi connectivity index (χ1v) is 11.5. The zero-order valence-electron chi connectivity index (χ0n) is 18.0. The molecule has 1 saturated carbocycles. The molecule has 1 aliphatic rings. The molecule has 1 N–H and O–H groups in total. The van der Waals surface area contributed by atoms with Crippen LogP contribution in [-0.4, -0.2) is 35.8 Å². The topological polar surface area (TPSA) is 104 Å². The van der Waals surface area contributed by atoms with E-state index in [0.29, 0.717) is 29.7 Å². The first-order chi connectivity index (χ1) is 15.6. The number of esters is 1. The Balaban J connectivity index is 1.42. The van der Waals surface area contributed by atoms with Crippen LogP contribution in [0.1, 0.15) is 54.4 Å². The summed E-state index contributed by atoms with van der Waals surface area (Å²) in [5, 5.41) is 12.4. The average molecular weight is 456 g/mol. The summed E-state index contributed by atoms with van der Waals surface area (Å²) in [4.78, 5) is 25.6. The van der Waals surface area contributed by atoms with Crippen molar-refractivity contribution in [1.82, 2.24) is 10.2 Å². The minimum atomic E-state index is -0.388. The predicted octanol–water partition coefficient (Wildman–Crippen LogP) is 4.90. The minimum absolute atomic E-state index is 0.0216. The SMILES string of the molecule is CCOC(=O)C1CCC(c2ccc(C(=O)Nc3nnc(-c4cccs4)o3)c(OC)c2)CC1. The highest BCUT2D eigenvalue weighted by molar-refractivity contribution is 7.13. The molecule has 168 valence electrons. The fourth-order valence-corrected chi connectivity index (χ4v) is 4.65. The van der Waals surface area contributed by atoms with Crippen LogP contribution in [0, 0.1) is 5.92 Å². The van der Waals surface area contributed by atoms with Crippen LogP contribution >= 0.6 is 11.3 Å². The van der Waals surface area contributed by atoms with Crippen molar-refractivity contribution in [3.05, 3.63) is 46.8 Å². The van der Waals surface area contributed by atoms with Gasteiger partial charge in [-0.25, -0.2) is 0 Å². The molecule has 1 aromatic carbocycles. The van der Waals surface area contributed by atoms with Crippen LogP contribution in [0.3, 0.4) is 0 Å². The third-order valence-corrected chi connectivity index (χ3v) is 6.52. The van der Waals surface area contributed by atoms with E-state index >= 15 is 0 Å². The largest absolute Gasteiger partial charge is 0.496 e. The van der Waals surface area contributed by atoms with Crippen molar-refractivity contribution in [1.29, 1.82) is 0 Å². The molecule has 32 heavy (non-hydrogen) atoms. The van der Waals surface area contributed by atoms with E-state index in [1.807, 2.05) is 36.6 Å². The van der Waals surface area contributed by atoms with Crippen LogP contribution < -0.4 is 10.1 Å². The molecule has 0 saturated heterocycles. The normalized spacial score (nSPS) is 18.2. The minimum Gasteiger partial charge on any atom is -0.496 e.